The van der Waals surface area contributed by atoms with Gasteiger partial charge in [0.25, 0.3) is 5.56 Å². The molecule has 4 nitrogen and oxygen atoms in total. The Morgan fingerprint density at radius 3 is 2.76 bits per heavy atom. The largest absolute Gasteiger partial charge is 0.384 e. The minimum atomic E-state index is -0.0194. The number of rotatable bonds is 7. The minimum absolute atomic E-state index is 0.0194. The molecule has 0 aliphatic rings. The SMILES string of the molecule is CCCNc1cnn(CC(C)CCC)c(=O)c1. The highest BCUT2D eigenvalue weighted by Crippen LogP contribution is 2.07. The third-order valence-corrected chi connectivity index (χ3v) is 2.71. The van der Waals surface area contributed by atoms with Gasteiger partial charge >= 0.3 is 0 Å². The molecule has 0 amide bonds. The molecule has 4 heteroatoms. The average Bonchev–Trinajstić information content (AvgIpc) is 2.30. The Morgan fingerprint density at radius 1 is 1.41 bits per heavy atom. The van der Waals surface area contributed by atoms with Crippen molar-refractivity contribution >= 4 is 5.69 Å². The van der Waals surface area contributed by atoms with E-state index in [1.165, 1.54) is 0 Å². The van der Waals surface area contributed by atoms with Crippen LogP contribution in [0.1, 0.15) is 40.0 Å². The smallest absolute Gasteiger partial charge is 0.268 e. The second-order valence-corrected chi connectivity index (χ2v) is 4.59. The summed E-state index contributed by atoms with van der Waals surface area (Å²) in [4.78, 5) is 11.8. The van der Waals surface area contributed by atoms with Crippen molar-refractivity contribution in [3.63, 3.8) is 0 Å². The van der Waals surface area contributed by atoms with Crippen LogP contribution in [0.4, 0.5) is 5.69 Å². The molecule has 1 N–H and O–H groups in total. The van der Waals surface area contributed by atoms with E-state index < -0.39 is 0 Å². The summed E-state index contributed by atoms with van der Waals surface area (Å²) in [7, 11) is 0. The zero-order valence-electron chi connectivity index (χ0n) is 11.1. The normalized spacial score (nSPS) is 12.4. The van der Waals surface area contributed by atoms with Crippen molar-refractivity contribution in [2.45, 2.75) is 46.6 Å². The number of hydrogen-bond acceptors (Lipinski definition) is 3. The van der Waals surface area contributed by atoms with E-state index in [0.29, 0.717) is 12.5 Å². The van der Waals surface area contributed by atoms with Crippen LogP contribution in [-0.4, -0.2) is 16.3 Å². The van der Waals surface area contributed by atoms with Crippen molar-refractivity contribution in [1.29, 1.82) is 0 Å². The van der Waals surface area contributed by atoms with Crippen LogP contribution in [0.25, 0.3) is 0 Å². The number of aromatic nitrogens is 2. The summed E-state index contributed by atoms with van der Waals surface area (Å²) in [6.45, 7) is 7.98. The first kappa shape index (κ1) is 13.7. The van der Waals surface area contributed by atoms with E-state index in [2.05, 4.69) is 31.2 Å². The Morgan fingerprint density at radius 2 is 2.18 bits per heavy atom. The van der Waals surface area contributed by atoms with Crippen molar-refractivity contribution in [2.24, 2.45) is 5.92 Å². The Kier molecular flexibility index (Phi) is 5.73. The van der Waals surface area contributed by atoms with Gasteiger partial charge in [0, 0.05) is 19.2 Å². The third kappa shape index (κ3) is 4.59. The molecular formula is C13H23N3O. The van der Waals surface area contributed by atoms with Crippen LogP contribution in [0, 0.1) is 5.92 Å². The number of nitrogens with one attached hydrogen (secondary N) is 1. The minimum Gasteiger partial charge on any atom is -0.384 e. The average molecular weight is 237 g/mol. The predicted molar refractivity (Wildman–Crippen MR) is 71.3 cm³/mol. The summed E-state index contributed by atoms with van der Waals surface area (Å²) in [6.07, 6.45) is 5.04. The van der Waals surface area contributed by atoms with E-state index in [0.717, 1.165) is 31.5 Å². The van der Waals surface area contributed by atoms with Crippen LogP contribution >= 0.6 is 0 Å². The molecule has 17 heavy (non-hydrogen) atoms. The highest BCUT2D eigenvalue weighted by Gasteiger charge is 2.05. The first-order valence-electron chi connectivity index (χ1n) is 6.48. The van der Waals surface area contributed by atoms with Crippen LogP contribution < -0.4 is 10.9 Å². The van der Waals surface area contributed by atoms with Gasteiger partial charge in [0.05, 0.1) is 11.9 Å². The molecule has 0 aliphatic heterocycles. The molecule has 1 aromatic rings. The number of hydrogen-bond donors (Lipinski definition) is 1. The second kappa shape index (κ2) is 7.09. The maximum absolute atomic E-state index is 11.8. The first-order valence-corrected chi connectivity index (χ1v) is 6.48. The molecule has 0 fully saturated rings. The Hall–Kier alpha value is -1.32. The van der Waals surface area contributed by atoms with Crippen LogP contribution in [0.15, 0.2) is 17.1 Å². The van der Waals surface area contributed by atoms with Gasteiger partial charge in [0.2, 0.25) is 0 Å². The molecule has 1 heterocycles. The second-order valence-electron chi connectivity index (χ2n) is 4.59. The van der Waals surface area contributed by atoms with Gasteiger partial charge in [-0.2, -0.15) is 5.10 Å². The summed E-state index contributed by atoms with van der Waals surface area (Å²) >= 11 is 0. The van der Waals surface area contributed by atoms with Crippen molar-refractivity contribution in [1.82, 2.24) is 9.78 Å². The lowest BCUT2D eigenvalue weighted by Crippen LogP contribution is -2.25. The summed E-state index contributed by atoms with van der Waals surface area (Å²) < 4.78 is 1.55. The summed E-state index contributed by atoms with van der Waals surface area (Å²) in [5, 5.41) is 7.36. The summed E-state index contributed by atoms with van der Waals surface area (Å²) in [6, 6.07) is 1.63. The van der Waals surface area contributed by atoms with Gasteiger partial charge in [-0.05, 0) is 18.8 Å². The Bertz CT molecular complexity index is 386. The summed E-state index contributed by atoms with van der Waals surface area (Å²) in [5.74, 6) is 0.500. The lowest BCUT2D eigenvalue weighted by molar-refractivity contribution is 0.408. The topological polar surface area (TPSA) is 46.9 Å². The maximum Gasteiger partial charge on any atom is 0.268 e. The van der Waals surface area contributed by atoms with E-state index in [1.807, 2.05) is 0 Å². The molecular weight excluding hydrogens is 214 g/mol. The van der Waals surface area contributed by atoms with Gasteiger partial charge in [-0.15, -0.1) is 0 Å². The first-order chi connectivity index (χ1) is 8.17. The molecule has 0 saturated heterocycles. The van der Waals surface area contributed by atoms with Crippen molar-refractivity contribution < 1.29 is 0 Å². The number of nitrogens with zero attached hydrogens (tertiary/aromatic N) is 2. The molecule has 0 bridgehead atoms. The van der Waals surface area contributed by atoms with E-state index in [9.17, 15) is 4.79 Å². The van der Waals surface area contributed by atoms with Gasteiger partial charge in [-0.25, -0.2) is 4.68 Å². The van der Waals surface area contributed by atoms with E-state index in [-0.39, 0.29) is 5.56 Å². The fourth-order valence-corrected chi connectivity index (χ4v) is 1.82. The van der Waals surface area contributed by atoms with Gasteiger partial charge in [-0.3, -0.25) is 4.79 Å². The quantitative estimate of drug-likeness (QED) is 0.792. The molecule has 1 rings (SSSR count). The van der Waals surface area contributed by atoms with Crippen LogP contribution in [-0.2, 0) is 6.54 Å². The lowest BCUT2D eigenvalue weighted by Gasteiger charge is -2.12. The fraction of sp³-hybridized carbons (Fsp3) is 0.692. The molecule has 0 saturated carbocycles. The van der Waals surface area contributed by atoms with Crippen molar-refractivity contribution in [2.75, 3.05) is 11.9 Å². The van der Waals surface area contributed by atoms with Gasteiger partial charge in [0.1, 0.15) is 0 Å². The molecule has 1 unspecified atom stereocenters. The standard InChI is InChI=1S/C13H23N3O/c1-4-6-11(3)10-16-13(17)8-12(9-15-16)14-7-5-2/h8-9,11,14H,4-7,10H2,1-3H3. The van der Waals surface area contributed by atoms with Gasteiger partial charge < -0.3 is 5.32 Å². The molecule has 0 aliphatic carbocycles. The maximum atomic E-state index is 11.8. The van der Waals surface area contributed by atoms with E-state index in [1.54, 1.807) is 16.9 Å². The highest BCUT2D eigenvalue weighted by molar-refractivity contribution is 5.38. The van der Waals surface area contributed by atoms with Crippen molar-refractivity contribution in [3.05, 3.63) is 22.6 Å². The lowest BCUT2D eigenvalue weighted by atomic mass is 10.1. The van der Waals surface area contributed by atoms with Crippen molar-refractivity contribution in [3.8, 4) is 0 Å². The Labute approximate surface area is 103 Å². The highest BCUT2D eigenvalue weighted by atomic mass is 16.1. The molecule has 0 radical (unpaired) electrons. The predicted octanol–water partition coefficient (Wildman–Crippen LogP) is 2.50. The fourth-order valence-electron chi connectivity index (χ4n) is 1.82. The van der Waals surface area contributed by atoms with Crippen LogP contribution in [0.5, 0.6) is 0 Å². The summed E-state index contributed by atoms with van der Waals surface area (Å²) in [5.41, 5.74) is 0.797. The van der Waals surface area contributed by atoms with E-state index >= 15 is 0 Å². The van der Waals surface area contributed by atoms with Gasteiger partial charge in [-0.1, -0.05) is 27.2 Å². The molecule has 1 aromatic heterocycles. The zero-order valence-corrected chi connectivity index (χ0v) is 11.1. The number of anilines is 1. The zero-order chi connectivity index (χ0) is 12.7. The molecule has 0 spiro atoms. The molecule has 96 valence electrons. The van der Waals surface area contributed by atoms with E-state index in [4.69, 9.17) is 0 Å². The van der Waals surface area contributed by atoms with Crippen LogP contribution in [0.2, 0.25) is 0 Å². The monoisotopic (exact) mass is 237 g/mol. The third-order valence-electron chi connectivity index (χ3n) is 2.71. The molecule has 0 aromatic carbocycles. The van der Waals surface area contributed by atoms with Gasteiger partial charge in [0.15, 0.2) is 0 Å². The van der Waals surface area contributed by atoms with Crippen LogP contribution in [0.3, 0.4) is 0 Å². The Balaban J connectivity index is 2.66. The molecule has 1 atom stereocenters.